The van der Waals surface area contributed by atoms with Gasteiger partial charge in [0.1, 0.15) is 0 Å². The maximum Gasteiger partial charge on any atom is 0.0907 e. The van der Waals surface area contributed by atoms with Crippen molar-refractivity contribution in [1.29, 1.82) is 0 Å². The van der Waals surface area contributed by atoms with Crippen LogP contribution in [0.3, 0.4) is 0 Å². The predicted molar refractivity (Wildman–Crippen MR) is 48.8 cm³/mol. The Bertz CT molecular complexity index is 389. The predicted octanol–water partition coefficient (Wildman–Crippen LogP) is 2.79. The first-order valence-electron chi connectivity index (χ1n) is 3.45. The molecule has 1 aromatic carbocycles. The zero-order chi connectivity index (χ0) is 7.84. The van der Waals surface area contributed by atoms with Crippen molar-refractivity contribution in [3.63, 3.8) is 0 Å². The summed E-state index contributed by atoms with van der Waals surface area (Å²) >= 11 is 1.72. The van der Waals surface area contributed by atoms with Crippen LogP contribution in [0.5, 0.6) is 0 Å². The molecular formula is C9H8NS. The van der Waals surface area contributed by atoms with Gasteiger partial charge in [-0.25, -0.2) is 4.98 Å². The summed E-state index contributed by atoms with van der Waals surface area (Å²) in [6.07, 6.45) is 0. The lowest BCUT2D eigenvalue weighted by Gasteiger charge is -1.90. The average Bonchev–Trinajstić information content (AvgIpc) is 2.31. The second kappa shape index (κ2) is 2.31. The summed E-state index contributed by atoms with van der Waals surface area (Å²) in [6.45, 7) is 5.92. The van der Waals surface area contributed by atoms with Gasteiger partial charge in [-0.1, -0.05) is 12.1 Å². The molecule has 0 bridgehead atoms. The maximum atomic E-state index is 4.37. The Kier molecular flexibility index (Phi) is 1.43. The fraction of sp³-hybridized carbons (Fsp3) is 0.111. The van der Waals surface area contributed by atoms with E-state index in [0.717, 1.165) is 16.1 Å². The van der Waals surface area contributed by atoms with E-state index < -0.39 is 0 Å². The van der Waals surface area contributed by atoms with Crippen LogP contribution in [-0.4, -0.2) is 4.98 Å². The van der Waals surface area contributed by atoms with Crippen LogP contribution in [0, 0.1) is 13.8 Å². The molecule has 0 N–H and O–H groups in total. The molecule has 0 unspecified atom stereocenters. The number of aryl methyl sites for hydroxylation is 1. The zero-order valence-corrected chi connectivity index (χ0v) is 7.11. The van der Waals surface area contributed by atoms with Crippen LogP contribution in [0.25, 0.3) is 10.2 Å². The van der Waals surface area contributed by atoms with Crippen molar-refractivity contribution in [3.8, 4) is 0 Å². The van der Waals surface area contributed by atoms with Gasteiger partial charge in [0.25, 0.3) is 0 Å². The molecule has 0 saturated carbocycles. The first-order valence-corrected chi connectivity index (χ1v) is 4.27. The Morgan fingerprint density at radius 1 is 1.45 bits per heavy atom. The number of thiazole rings is 1. The van der Waals surface area contributed by atoms with E-state index in [-0.39, 0.29) is 0 Å². The number of benzene rings is 1. The molecule has 11 heavy (non-hydrogen) atoms. The molecule has 0 aliphatic carbocycles. The number of para-hydroxylation sites is 1. The Morgan fingerprint density at radius 3 is 3.00 bits per heavy atom. The van der Waals surface area contributed by atoms with Gasteiger partial charge in [-0.2, -0.15) is 0 Å². The van der Waals surface area contributed by atoms with E-state index >= 15 is 0 Å². The highest BCUT2D eigenvalue weighted by Gasteiger charge is 2.00. The van der Waals surface area contributed by atoms with E-state index in [2.05, 4.69) is 18.0 Å². The molecule has 0 fully saturated rings. The van der Waals surface area contributed by atoms with Gasteiger partial charge in [0.05, 0.1) is 15.2 Å². The molecule has 1 aromatic heterocycles. The molecule has 0 atom stereocenters. The third-order valence-electron chi connectivity index (χ3n) is 1.61. The minimum absolute atomic E-state index is 1.02. The molecule has 0 saturated heterocycles. The highest BCUT2D eigenvalue weighted by atomic mass is 32.1. The smallest absolute Gasteiger partial charge is 0.0907 e. The standard InChI is InChI=1S/C9H8NS/c1-6-4-3-5-8-9(6)10-7(2)11-8/h3-5H,1H2,2H3. The van der Waals surface area contributed by atoms with Crippen LogP contribution in [0.2, 0.25) is 0 Å². The molecule has 0 aliphatic rings. The highest BCUT2D eigenvalue weighted by molar-refractivity contribution is 7.18. The normalized spacial score (nSPS) is 10.7. The fourth-order valence-corrected chi connectivity index (χ4v) is 1.99. The van der Waals surface area contributed by atoms with E-state index in [4.69, 9.17) is 0 Å². The van der Waals surface area contributed by atoms with Crippen molar-refractivity contribution in [2.45, 2.75) is 6.92 Å². The maximum absolute atomic E-state index is 4.37. The number of fused-ring (bicyclic) bond motifs is 1. The van der Waals surface area contributed by atoms with Crippen molar-refractivity contribution in [1.82, 2.24) is 4.98 Å². The minimum Gasteiger partial charge on any atom is -0.241 e. The van der Waals surface area contributed by atoms with Crippen molar-refractivity contribution in [2.75, 3.05) is 0 Å². The number of rotatable bonds is 0. The Labute approximate surface area is 69.7 Å². The van der Waals surface area contributed by atoms with Crippen LogP contribution >= 0.6 is 11.3 Å². The Hall–Kier alpha value is -0.890. The zero-order valence-electron chi connectivity index (χ0n) is 6.29. The SMILES string of the molecule is [CH2]c1cccc2sc(C)nc12. The average molecular weight is 162 g/mol. The van der Waals surface area contributed by atoms with E-state index in [1.807, 2.05) is 19.1 Å². The lowest BCUT2D eigenvalue weighted by atomic mass is 10.2. The van der Waals surface area contributed by atoms with Crippen molar-refractivity contribution >= 4 is 21.6 Å². The molecule has 0 aliphatic heterocycles. The molecule has 2 aromatic rings. The largest absolute Gasteiger partial charge is 0.241 e. The van der Waals surface area contributed by atoms with E-state index in [1.165, 1.54) is 4.70 Å². The first kappa shape index (κ1) is 6.80. The van der Waals surface area contributed by atoms with Crippen LogP contribution in [0.15, 0.2) is 18.2 Å². The quantitative estimate of drug-likeness (QED) is 0.580. The van der Waals surface area contributed by atoms with Crippen LogP contribution < -0.4 is 0 Å². The fourth-order valence-electron chi connectivity index (χ4n) is 1.12. The summed E-state index contributed by atoms with van der Waals surface area (Å²) in [4.78, 5) is 4.37. The van der Waals surface area contributed by atoms with Gasteiger partial charge in [-0.15, -0.1) is 11.3 Å². The number of nitrogens with zero attached hydrogens (tertiary/aromatic N) is 1. The number of hydrogen-bond donors (Lipinski definition) is 0. The molecule has 0 amide bonds. The molecule has 2 heteroatoms. The van der Waals surface area contributed by atoms with Crippen LogP contribution in [0.1, 0.15) is 10.6 Å². The summed E-state index contributed by atoms with van der Waals surface area (Å²) in [7, 11) is 0. The Balaban J connectivity index is 2.90. The molecular weight excluding hydrogens is 154 g/mol. The summed E-state index contributed by atoms with van der Waals surface area (Å²) < 4.78 is 1.23. The third kappa shape index (κ3) is 1.03. The number of hydrogen-bond acceptors (Lipinski definition) is 2. The van der Waals surface area contributed by atoms with Gasteiger partial charge in [-0.05, 0) is 25.5 Å². The van der Waals surface area contributed by atoms with Gasteiger partial charge in [0.2, 0.25) is 0 Å². The van der Waals surface area contributed by atoms with Gasteiger partial charge in [0, 0.05) is 0 Å². The van der Waals surface area contributed by atoms with E-state index in [0.29, 0.717) is 0 Å². The molecule has 1 nitrogen and oxygen atoms in total. The second-order valence-corrected chi connectivity index (χ2v) is 3.73. The second-order valence-electron chi connectivity index (χ2n) is 2.50. The minimum atomic E-state index is 1.02. The molecule has 2 rings (SSSR count). The summed E-state index contributed by atoms with van der Waals surface area (Å²) in [5.41, 5.74) is 2.07. The van der Waals surface area contributed by atoms with Crippen LogP contribution in [0.4, 0.5) is 0 Å². The molecule has 1 heterocycles. The molecule has 1 radical (unpaired) electrons. The van der Waals surface area contributed by atoms with Crippen molar-refractivity contribution in [3.05, 3.63) is 35.7 Å². The summed E-state index contributed by atoms with van der Waals surface area (Å²) in [5, 5.41) is 1.11. The Morgan fingerprint density at radius 2 is 2.27 bits per heavy atom. The van der Waals surface area contributed by atoms with Gasteiger partial charge >= 0.3 is 0 Å². The van der Waals surface area contributed by atoms with Crippen LogP contribution in [-0.2, 0) is 0 Å². The van der Waals surface area contributed by atoms with Gasteiger partial charge in [-0.3, -0.25) is 0 Å². The monoisotopic (exact) mass is 162 g/mol. The van der Waals surface area contributed by atoms with Crippen molar-refractivity contribution in [2.24, 2.45) is 0 Å². The first-order chi connectivity index (χ1) is 5.27. The summed E-state index contributed by atoms with van der Waals surface area (Å²) in [5.74, 6) is 0. The highest BCUT2D eigenvalue weighted by Crippen LogP contribution is 2.23. The molecule has 0 spiro atoms. The van der Waals surface area contributed by atoms with E-state index in [9.17, 15) is 0 Å². The lowest BCUT2D eigenvalue weighted by molar-refractivity contribution is 1.34. The number of aromatic nitrogens is 1. The topological polar surface area (TPSA) is 12.9 Å². The third-order valence-corrected chi connectivity index (χ3v) is 2.55. The van der Waals surface area contributed by atoms with Gasteiger partial charge < -0.3 is 0 Å². The molecule has 55 valence electrons. The van der Waals surface area contributed by atoms with Gasteiger partial charge in [0.15, 0.2) is 0 Å². The van der Waals surface area contributed by atoms with Crippen molar-refractivity contribution < 1.29 is 0 Å². The lowest BCUT2D eigenvalue weighted by Crippen LogP contribution is -1.74. The summed E-state index contributed by atoms with van der Waals surface area (Å²) in [6, 6.07) is 6.08. The van der Waals surface area contributed by atoms with E-state index in [1.54, 1.807) is 11.3 Å².